The van der Waals surface area contributed by atoms with Crippen LogP contribution in [-0.2, 0) is 9.79 Å². The number of halogens is 1. The van der Waals surface area contributed by atoms with Gasteiger partial charge in [-0.25, -0.2) is 10.0 Å². The Balaban J connectivity index is 1.82. The zero-order chi connectivity index (χ0) is 21.6. The van der Waals surface area contributed by atoms with Crippen molar-refractivity contribution in [1.82, 2.24) is 0 Å². The zero-order valence-corrected chi connectivity index (χ0v) is 18.6. The van der Waals surface area contributed by atoms with Crippen LogP contribution in [0.5, 0.6) is 0 Å². The summed E-state index contributed by atoms with van der Waals surface area (Å²) < 4.78 is 0. The van der Waals surface area contributed by atoms with E-state index in [2.05, 4.69) is 12.1 Å². The third-order valence-electron chi connectivity index (χ3n) is 5.28. The van der Waals surface area contributed by atoms with E-state index < -0.39 is 4.99 Å². The molecule has 0 N–H and O–H groups in total. The molecule has 5 nitrogen and oxygen atoms in total. The normalized spacial score (nSPS) is 19.8. The summed E-state index contributed by atoms with van der Waals surface area (Å²) in [6, 6.07) is 25.6. The summed E-state index contributed by atoms with van der Waals surface area (Å²) in [7, 11) is 0. The van der Waals surface area contributed by atoms with E-state index in [-0.39, 0.29) is 5.78 Å². The molecule has 2 heterocycles. The number of carbonyl (C=O) groups is 1. The van der Waals surface area contributed by atoms with Gasteiger partial charge >= 0.3 is 0 Å². The molecule has 5 rings (SSSR count). The first-order valence-corrected chi connectivity index (χ1v) is 11.0. The molecule has 2 aliphatic heterocycles. The highest BCUT2D eigenvalue weighted by Gasteiger charge is 2.55. The number of hydrogen-bond acceptors (Lipinski definition) is 6. The van der Waals surface area contributed by atoms with Gasteiger partial charge in [0.05, 0.1) is 17.1 Å². The highest BCUT2D eigenvalue weighted by Crippen LogP contribution is 2.54. The molecule has 0 saturated heterocycles. The number of thioether (sulfide) groups is 1. The average molecular weight is 447 g/mol. The first kappa shape index (κ1) is 19.8. The highest BCUT2D eigenvalue weighted by molar-refractivity contribution is 8.17. The van der Waals surface area contributed by atoms with Crippen LogP contribution in [0.3, 0.4) is 0 Å². The quantitative estimate of drug-likeness (QED) is 0.506. The predicted octanol–water partition coefficient (Wildman–Crippen LogP) is 5.85. The molecule has 154 valence electrons. The number of carbonyl (C=O) groups excluding carboxylic acids is 1. The molecule has 0 bridgehead atoms. The first-order valence-electron chi connectivity index (χ1n) is 9.85. The minimum Gasteiger partial charge on any atom is -0.292 e. The Morgan fingerprint density at radius 2 is 1.58 bits per heavy atom. The Morgan fingerprint density at radius 1 is 0.903 bits per heavy atom. The van der Waals surface area contributed by atoms with E-state index in [1.807, 2.05) is 83.7 Å². The van der Waals surface area contributed by atoms with Crippen LogP contribution < -0.4 is 10.0 Å². The SMILES string of the molecule is CC(=O)C1=NN(c2cccc(Cl)c2)[C@]2(S1)c1ccccc1C(C)=NN2c1ccccc1. The molecule has 0 aromatic heterocycles. The molecule has 2 aliphatic rings. The maximum atomic E-state index is 12.5. The maximum Gasteiger partial charge on any atom is 0.234 e. The Bertz CT molecular complexity index is 1240. The fourth-order valence-electron chi connectivity index (χ4n) is 3.91. The van der Waals surface area contributed by atoms with Crippen molar-refractivity contribution >= 4 is 51.3 Å². The molecule has 3 aromatic carbocycles. The monoisotopic (exact) mass is 446 g/mol. The number of rotatable bonds is 3. The van der Waals surface area contributed by atoms with Gasteiger partial charge in [-0.05, 0) is 49.0 Å². The Morgan fingerprint density at radius 3 is 2.32 bits per heavy atom. The number of ketones is 1. The molecule has 31 heavy (non-hydrogen) atoms. The summed E-state index contributed by atoms with van der Waals surface area (Å²) >= 11 is 7.74. The molecule has 0 aliphatic carbocycles. The summed E-state index contributed by atoms with van der Waals surface area (Å²) in [5, 5.41) is 14.6. The topological polar surface area (TPSA) is 48.3 Å². The number of hydrogen-bond donors (Lipinski definition) is 0. The molecule has 3 aromatic rings. The zero-order valence-electron chi connectivity index (χ0n) is 17.0. The predicted molar refractivity (Wildman–Crippen MR) is 129 cm³/mol. The van der Waals surface area contributed by atoms with Gasteiger partial charge in [0.15, 0.2) is 10.8 Å². The Kier molecular flexibility index (Phi) is 4.84. The lowest BCUT2D eigenvalue weighted by molar-refractivity contribution is -0.110. The van der Waals surface area contributed by atoms with Crippen LogP contribution in [0, 0.1) is 0 Å². The van der Waals surface area contributed by atoms with Crippen molar-refractivity contribution < 1.29 is 4.79 Å². The highest BCUT2D eigenvalue weighted by atomic mass is 35.5. The van der Waals surface area contributed by atoms with Crippen molar-refractivity contribution in [2.75, 3.05) is 10.0 Å². The lowest BCUT2D eigenvalue weighted by Crippen LogP contribution is -2.53. The van der Waals surface area contributed by atoms with Gasteiger partial charge < -0.3 is 0 Å². The number of Topliss-reactive ketones (excluding diaryl/α,β-unsaturated/α-hetero) is 1. The fourth-order valence-corrected chi connectivity index (χ4v) is 5.39. The number of nitrogens with zero attached hydrogens (tertiary/aromatic N) is 4. The standard InChI is InChI=1S/C24H19ClN4OS/c1-16-21-13-6-7-14-22(21)24(28(26-16)19-10-4-3-5-11-19)29(27-23(31-24)17(2)30)20-12-8-9-18(25)15-20/h3-15H,1-2H3/t24-/m0/s1. The van der Waals surface area contributed by atoms with Gasteiger partial charge in [0.2, 0.25) is 4.99 Å². The van der Waals surface area contributed by atoms with Crippen molar-refractivity contribution in [3.63, 3.8) is 0 Å². The number of hydrazone groups is 2. The third kappa shape index (κ3) is 3.14. The second kappa shape index (κ2) is 7.55. The summed E-state index contributed by atoms with van der Waals surface area (Å²) in [5.74, 6) is -0.0920. The van der Waals surface area contributed by atoms with Crippen molar-refractivity contribution in [2.45, 2.75) is 18.8 Å². The van der Waals surface area contributed by atoms with E-state index >= 15 is 0 Å². The molecule has 0 saturated carbocycles. The molecule has 7 heteroatoms. The van der Waals surface area contributed by atoms with Crippen molar-refractivity contribution in [3.8, 4) is 0 Å². The van der Waals surface area contributed by atoms with Gasteiger partial charge in [-0.1, -0.05) is 60.1 Å². The van der Waals surface area contributed by atoms with Crippen molar-refractivity contribution in [2.24, 2.45) is 10.2 Å². The molecule has 1 atom stereocenters. The molecule has 0 unspecified atom stereocenters. The van der Waals surface area contributed by atoms with Crippen LogP contribution >= 0.6 is 23.4 Å². The van der Waals surface area contributed by atoms with E-state index in [0.29, 0.717) is 10.1 Å². The molecular formula is C24H19ClN4OS. The van der Waals surface area contributed by atoms with Crippen LogP contribution in [0.1, 0.15) is 25.0 Å². The molecule has 0 fully saturated rings. The van der Waals surface area contributed by atoms with Gasteiger partial charge in [-0.2, -0.15) is 10.2 Å². The second-order valence-electron chi connectivity index (χ2n) is 7.34. The maximum absolute atomic E-state index is 12.5. The molecule has 1 spiro atoms. The number of benzene rings is 3. The van der Waals surface area contributed by atoms with Gasteiger partial charge in [0.25, 0.3) is 0 Å². The summed E-state index contributed by atoms with van der Waals surface area (Å²) in [5.41, 5.74) is 4.61. The van der Waals surface area contributed by atoms with Crippen LogP contribution in [0.25, 0.3) is 0 Å². The van der Waals surface area contributed by atoms with E-state index in [1.165, 1.54) is 18.7 Å². The largest absolute Gasteiger partial charge is 0.292 e. The van der Waals surface area contributed by atoms with Crippen LogP contribution in [0.2, 0.25) is 5.02 Å². The van der Waals surface area contributed by atoms with Crippen LogP contribution in [-0.4, -0.2) is 16.5 Å². The minimum absolute atomic E-state index is 0.0920. The molecule has 0 radical (unpaired) electrons. The van der Waals surface area contributed by atoms with Gasteiger partial charge in [-0.15, -0.1) is 0 Å². The van der Waals surface area contributed by atoms with E-state index in [4.69, 9.17) is 21.8 Å². The van der Waals surface area contributed by atoms with Crippen molar-refractivity contribution in [1.29, 1.82) is 0 Å². The van der Waals surface area contributed by atoms with Gasteiger partial charge in [0.1, 0.15) is 0 Å². The lowest BCUT2D eigenvalue weighted by Gasteiger charge is -2.46. The minimum atomic E-state index is -0.914. The number of anilines is 2. The average Bonchev–Trinajstić information content (AvgIpc) is 3.19. The van der Waals surface area contributed by atoms with Gasteiger partial charge in [0, 0.05) is 23.1 Å². The van der Waals surface area contributed by atoms with E-state index in [1.54, 1.807) is 0 Å². The summed E-state index contributed by atoms with van der Waals surface area (Å²) in [6.45, 7) is 3.54. The second-order valence-corrected chi connectivity index (χ2v) is 8.94. The van der Waals surface area contributed by atoms with Crippen LogP contribution in [0.4, 0.5) is 11.4 Å². The van der Waals surface area contributed by atoms with Crippen molar-refractivity contribution in [3.05, 3.63) is 95.0 Å². The van der Waals surface area contributed by atoms with Gasteiger partial charge in [-0.3, -0.25) is 4.79 Å². The fraction of sp³-hybridized carbons (Fsp3) is 0.125. The number of fused-ring (bicyclic) bond motifs is 2. The first-order chi connectivity index (χ1) is 15.0. The van der Waals surface area contributed by atoms with E-state index in [9.17, 15) is 4.79 Å². The Hall–Kier alpha value is -3.09. The molecular weight excluding hydrogens is 428 g/mol. The number of para-hydroxylation sites is 1. The Labute approximate surface area is 190 Å². The third-order valence-corrected chi connectivity index (χ3v) is 6.92. The molecule has 0 amide bonds. The van der Waals surface area contributed by atoms with E-state index in [0.717, 1.165) is 28.2 Å². The summed E-state index contributed by atoms with van der Waals surface area (Å²) in [6.07, 6.45) is 0. The van der Waals surface area contributed by atoms with Crippen LogP contribution in [0.15, 0.2) is 89.1 Å². The summed E-state index contributed by atoms with van der Waals surface area (Å²) in [4.78, 5) is 11.6. The lowest BCUT2D eigenvalue weighted by atomic mass is 9.98. The smallest absolute Gasteiger partial charge is 0.234 e.